The summed E-state index contributed by atoms with van der Waals surface area (Å²) in [5.41, 5.74) is -0.0636. The van der Waals surface area contributed by atoms with E-state index in [2.05, 4.69) is 46.9 Å². The summed E-state index contributed by atoms with van der Waals surface area (Å²) in [6.45, 7) is 9.32. The Morgan fingerprint density at radius 2 is 1.96 bits per heavy atom. The van der Waals surface area contributed by atoms with Crippen molar-refractivity contribution in [2.75, 3.05) is 34.2 Å². The second kappa shape index (κ2) is 8.70. The lowest BCUT2D eigenvalue weighted by molar-refractivity contribution is -0.121. The fourth-order valence-corrected chi connectivity index (χ4v) is 3.45. The Morgan fingerprint density at radius 3 is 2.46 bits per heavy atom. The molecule has 0 saturated heterocycles. The normalized spacial score (nSPS) is 25.5. The van der Waals surface area contributed by atoms with Crippen LogP contribution >= 0.6 is 0 Å². The summed E-state index contributed by atoms with van der Waals surface area (Å²) in [5, 5.41) is 9.47. The number of rotatable bonds is 5. The number of guanidine groups is 1. The summed E-state index contributed by atoms with van der Waals surface area (Å²) in [6.07, 6.45) is 4.96. The summed E-state index contributed by atoms with van der Waals surface area (Å²) >= 11 is 0. The van der Waals surface area contributed by atoms with Gasteiger partial charge in [-0.15, -0.1) is 0 Å². The van der Waals surface area contributed by atoms with Gasteiger partial charge < -0.3 is 20.9 Å². The van der Waals surface area contributed by atoms with Gasteiger partial charge in [0.05, 0.1) is 6.54 Å². The maximum Gasteiger partial charge on any atom is 0.239 e. The quantitative estimate of drug-likeness (QED) is 0.525. The van der Waals surface area contributed by atoms with Crippen molar-refractivity contribution in [1.82, 2.24) is 20.9 Å². The zero-order valence-corrected chi connectivity index (χ0v) is 16.6. The molecule has 0 aromatic carbocycles. The second-order valence-electron chi connectivity index (χ2n) is 8.40. The molecule has 0 aromatic heterocycles. The Hall–Kier alpha value is -1.30. The van der Waals surface area contributed by atoms with Gasteiger partial charge in [-0.3, -0.25) is 9.79 Å². The molecule has 0 spiro atoms. The molecule has 2 atom stereocenters. The van der Waals surface area contributed by atoms with Crippen LogP contribution in [0.3, 0.4) is 0 Å². The number of hydrogen-bond acceptors (Lipinski definition) is 3. The molecule has 1 aliphatic rings. The van der Waals surface area contributed by atoms with Gasteiger partial charge in [-0.05, 0) is 53.6 Å². The molecule has 24 heavy (non-hydrogen) atoms. The molecule has 2 unspecified atom stereocenters. The van der Waals surface area contributed by atoms with Crippen molar-refractivity contribution in [3.05, 3.63) is 0 Å². The van der Waals surface area contributed by atoms with E-state index in [-0.39, 0.29) is 23.5 Å². The van der Waals surface area contributed by atoms with Crippen LogP contribution in [0.25, 0.3) is 0 Å². The van der Waals surface area contributed by atoms with E-state index in [1.54, 1.807) is 7.05 Å². The van der Waals surface area contributed by atoms with E-state index in [1.165, 1.54) is 25.7 Å². The van der Waals surface area contributed by atoms with Crippen LogP contribution in [-0.2, 0) is 4.79 Å². The average Bonchev–Trinajstić information content (AvgIpc) is 2.45. The number of likely N-dealkylation sites (N-methyl/N-ethyl adjacent to an activating group) is 1. The Balaban J connectivity index is 2.54. The van der Waals surface area contributed by atoms with Crippen molar-refractivity contribution >= 4 is 11.9 Å². The van der Waals surface area contributed by atoms with Crippen molar-refractivity contribution in [2.24, 2.45) is 10.9 Å². The average molecular weight is 340 g/mol. The van der Waals surface area contributed by atoms with E-state index in [4.69, 9.17) is 0 Å². The Morgan fingerprint density at radius 1 is 1.29 bits per heavy atom. The number of hydrogen-bond donors (Lipinski definition) is 3. The number of carbonyl (C=O) groups is 1. The Kier molecular flexibility index (Phi) is 7.52. The van der Waals surface area contributed by atoms with Gasteiger partial charge in [-0.2, -0.15) is 0 Å². The number of nitrogens with zero attached hydrogens (tertiary/aromatic N) is 2. The van der Waals surface area contributed by atoms with Crippen molar-refractivity contribution in [2.45, 2.75) is 64.5 Å². The molecule has 0 radical (unpaired) electrons. The van der Waals surface area contributed by atoms with Gasteiger partial charge in [0.2, 0.25) is 5.91 Å². The fraction of sp³-hybridized carbons (Fsp3) is 0.889. The monoisotopic (exact) mass is 339 g/mol. The highest BCUT2D eigenvalue weighted by Gasteiger charge is 2.36. The van der Waals surface area contributed by atoms with Crippen LogP contribution in [0.1, 0.15) is 53.4 Å². The molecule has 1 amide bonds. The number of aliphatic imine (C=N–C) groups is 1. The van der Waals surface area contributed by atoms with Crippen molar-refractivity contribution in [3.8, 4) is 0 Å². The summed E-state index contributed by atoms with van der Waals surface area (Å²) in [4.78, 5) is 18.5. The molecule has 1 fully saturated rings. The highest BCUT2D eigenvalue weighted by molar-refractivity contribution is 5.86. The van der Waals surface area contributed by atoms with Gasteiger partial charge in [0.25, 0.3) is 0 Å². The molecule has 3 N–H and O–H groups in total. The SMILES string of the molecule is CN=C(NCC(=O)NC(C)(C)C)NCC1(N(C)C)CCCC(C)C1. The van der Waals surface area contributed by atoms with E-state index >= 15 is 0 Å². The standard InChI is InChI=1S/C18H37N5O/c1-14-9-8-10-18(11-14,23(6)7)13-21-16(19-5)20-12-15(24)22-17(2,3)4/h14H,8-13H2,1-7H3,(H,22,24)(H2,19,20,21). The van der Waals surface area contributed by atoms with Crippen molar-refractivity contribution in [1.29, 1.82) is 0 Å². The topological polar surface area (TPSA) is 68.8 Å². The van der Waals surface area contributed by atoms with Gasteiger partial charge >= 0.3 is 0 Å². The third-order valence-electron chi connectivity index (χ3n) is 4.76. The summed E-state index contributed by atoms with van der Waals surface area (Å²) in [7, 11) is 6.06. The number of amides is 1. The fourth-order valence-electron chi connectivity index (χ4n) is 3.45. The van der Waals surface area contributed by atoms with Crippen LogP contribution in [0.15, 0.2) is 4.99 Å². The van der Waals surface area contributed by atoms with E-state index in [0.29, 0.717) is 5.96 Å². The first-order valence-electron chi connectivity index (χ1n) is 9.01. The molecule has 0 heterocycles. The molecular weight excluding hydrogens is 302 g/mol. The summed E-state index contributed by atoms with van der Waals surface area (Å²) < 4.78 is 0. The maximum absolute atomic E-state index is 11.9. The van der Waals surface area contributed by atoms with Crippen LogP contribution in [0.5, 0.6) is 0 Å². The highest BCUT2D eigenvalue weighted by atomic mass is 16.2. The predicted molar refractivity (Wildman–Crippen MR) is 101 cm³/mol. The lowest BCUT2D eigenvalue weighted by Gasteiger charge is -2.45. The van der Waals surface area contributed by atoms with Gasteiger partial charge in [-0.25, -0.2) is 0 Å². The Labute approximate surface area is 147 Å². The molecule has 0 bridgehead atoms. The van der Waals surface area contributed by atoms with E-state index in [9.17, 15) is 4.79 Å². The molecular formula is C18H37N5O. The predicted octanol–water partition coefficient (Wildman–Crippen LogP) is 1.58. The molecule has 1 rings (SSSR count). The summed E-state index contributed by atoms with van der Waals surface area (Å²) in [6, 6.07) is 0. The largest absolute Gasteiger partial charge is 0.355 e. The van der Waals surface area contributed by atoms with Gasteiger partial charge in [-0.1, -0.05) is 19.8 Å². The van der Waals surface area contributed by atoms with Crippen molar-refractivity contribution in [3.63, 3.8) is 0 Å². The van der Waals surface area contributed by atoms with Crippen LogP contribution in [-0.4, -0.2) is 62.1 Å². The van der Waals surface area contributed by atoms with Crippen LogP contribution in [0, 0.1) is 5.92 Å². The lowest BCUT2D eigenvalue weighted by Crippen LogP contribution is -2.57. The van der Waals surface area contributed by atoms with E-state index < -0.39 is 0 Å². The van der Waals surface area contributed by atoms with Crippen LogP contribution in [0.2, 0.25) is 0 Å². The van der Waals surface area contributed by atoms with Gasteiger partial charge in [0.15, 0.2) is 5.96 Å². The first kappa shape index (κ1) is 20.7. The minimum atomic E-state index is -0.219. The molecule has 6 heteroatoms. The molecule has 140 valence electrons. The van der Waals surface area contributed by atoms with Crippen LogP contribution in [0.4, 0.5) is 0 Å². The Bertz CT molecular complexity index is 441. The first-order chi connectivity index (χ1) is 11.1. The van der Waals surface area contributed by atoms with Crippen LogP contribution < -0.4 is 16.0 Å². The number of nitrogens with one attached hydrogen (secondary N) is 3. The zero-order chi connectivity index (χ0) is 18.4. The van der Waals surface area contributed by atoms with E-state index in [0.717, 1.165) is 12.5 Å². The zero-order valence-electron chi connectivity index (χ0n) is 16.6. The molecule has 0 aromatic rings. The first-order valence-corrected chi connectivity index (χ1v) is 9.01. The van der Waals surface area contributed by atoms with Gasteiger partial charge in [0.1, 0.15) is 0 Å². The third-order valence-corrected chi connectivity index (χ3v) is 4.76. The molecule has 1 saturated carbocycles. The number of carbonyl (C=O) groups excluding carboxylic acids is 1. The molecule has 0 aliphatic heterocycles. The van der Waals surface area contributed by atoms with E-state index in [1.807, 2.05) is 20.8 Å². The lowest BCUT2D eigenvalue weighted by atomic mass is 9.75. The van der Waals surface area contributed by atoms with Gasteiger partial charge in [0, 0.05) is 24.7 Å². The second-order valence-corrected chi connectivity index (χ2v) is 8.40. The molecule has 1 aliphatic carbocycles. The minimum absolute atomic E-state index is 0.0286. The minimum Gasteiger partial charge on any atom is -0.355 e. The smallest absolute Gasteiger partial charge is 0.239 e. The highest BCUT2D eigenvalue weighted by Crippen LogP contribution is 2.35. The third kappa shape index (κ3) is 6.67. The maximum atomic E-state index is 11.9. The molecule has 6 nitrogen and oxygen atoms in total. The summed E-state index contributed by atoms with van der Waals surface area (Å²) in [5.74, 6) is 1.40. The van der Waals surface area contributed by atoms with Crippen molar-refractivity contribution < 1.29 is 4.79 Å².